The summed E-state index contributed by atoms with van der Waals surface area (Å²) in [5.74, 6) is -0.325. The third-order valence-corrected chi connectivity index (χ3v) is 5.14. The molecule has 2 aromatic rings. The van der Waals surface area contributed by atoms with Crippen molar-refractivity contribution in [2.45, 2.75) is 26.4 Å². The van der Waals surface area contributed by atoms with E-state index in [1.807, 2.05) is 68.4 Å². The molecule has 0 aliphatic carbocycles. The van der Waals surface area contributed by atoms with Crippen LogP contribution in [0.1, 0.15) is 29.7 Å². The van der Waals surface area contributed by atoms with Gasteiger partial charge in [0.1, 0.15) is 0 Å². The number of amides is 1. The molecule has 1 N–H and O–H groups in total. The van der Waals surface area contributed by atoms with Gasteiger partial charge in [0.2, 0.25) is 15.9 Å². The molecule has 0 aliphatic rings. The highest BCUT2D eigenvalue weighted by Crippen LogP contribution is 2.13. The molecule has 0 bridgehead atoms. The van der Waals surface area contributed by atoms with E-state index in [9.17, 15) is 13.2 Å². The van der Waals surface area contributed by atoms with Gasteiger partial charge in [-0.3, -0.25) is 4.79 Å². The summed E-state index contributed by atoms with van der Waals surface area (Å²) in [5, 5.41) is 2.86. The number of sulfonamides is 1. The zero-order valence-corrected chi connectivity index (χ0v) is 15.6. The second-order valence-electron chi connectivity index (χ2n) is 6.22. The third kappa shape index (κ3) is 5.99. The largest absolute Gasteiger partial charge is 0.348 e. The minimum atomic E-state index is -3.49. The Hall–Kier alpha value is -2.18. The van der Waals surface area contributed by atoms with Crippen molar-refractivity contribution in [1.29, 1.82) is 0 Å². The number of nitrogens with zero attached hydrogens (tertiary/aromatic N) is 1. The molecule has 0 spiro atoms. The van der Waals surface area contributed by atoms with Crippen LogP contribution in [0.5, 0.6) is 0 Å². The van der Waals surface area contributed by atoms with E-state index in [-0.39, 0.29) is 25.0 Å². The average Bonchev–Trinajstić information content (AvgIpc) is 2.55. The highest BCUT2D eigenvalue weighted by Gasteiger charge is 2.21. The monoisotopic (exact) mass is 360 g/mol. The Morgan fingerprint density at radius 2 is 1.68 bits per heavy atom. The van der Waals surface area contributed by atoms with Gasteiger partial charge in [-0.15, -0.1) is 0 Å². The third-order valence-electron chi connectivity index (χ3n) is 3.95. The maximum absolute atomic E-state index is 12.3. The Kier molecular flexibility index (Phi) is 6.33. The standard InChI is InChI=1S/C19H24N2O3S/c1-15-9-11-18(12-10-15)16(2)20-19(22)14-21(25(3,23)24)13-17-7-5-4-6-8-17/h4-12,16H,13-14H2,1-3H3,(H,20,22). The summed E-state index contributed by atoms with van der Waals surface area (Å²) in [4.78, 5) is 12.3. The summed E-state index contributed by atoms with van der Waals surface area (Å²) in [6, 6.07) is 16.9. The molecule has 25 heavy (non-hydrogen) atoms. The minimum absolute atomic E-state index is 0.173. The first-order valence-electron chi connectivity index (χ1n) is 8.10. The van der Waals surface area contributed by atoms with Crippen LogP contribution in [0.3, 0.4) is 0 Å². The van der Waals surface area contributed by atoms with Gasteiger partial charge < -0.3 is 5.32 Å². The quantitative estimate of drug-likeness (QED) is 0.825. The van der Waals surface area contributed by atoms with E-state index in [4.69, 9.17) is 0 Å². The first kappa shape index (κ1) is 19.1. The number of hydrogen-bond donors (Lipinski definition) is 1. The van der Waals surface area contributed by atoms with Crippen LogP contribution in [-0.2, 0) is 21.4 Å². The maximum Gasteiger partial charge on any atom is 0.235 e. The molecule has 0 aliphatic heterocycles. The van der Waals surface area contributed by atoms with E-state index >= 15 is 0 Å². The van der Waals surface area contributed by atoms with Crippen LogP contribution in [0.4, 0.5) is 0 Å². The van der Waals surface area contributed by atoms with E-state index in [2.05, 4.69) is 5.32 Å². The van der Waals surface area contributed by atoms with Gasteiger partial charge in [-0.25, -0.2) is 8.42 Å². The second kappa shape index (κ2) is 8.27. The molecule has 0 heterocycles. The van der Waals surface area contributed by atoms with Gasteiger partial charge in [-0.05, 0) is 25.0 Å². The summed E-state index contributed by atoms with van der Waals surface area (Å²) in [6.07, 6.45) is 1.12. The molecular formula is C19H24N2O3S. The molecule has 0 radical (unpaired) electrons. The Bertz CT molecular complexity index is 802. The molecule has 134 valence electrons. The summed E-state index contributed by atoms with van der Waals surface area (Å²) >= 11 is 0. The van der Waals surface area contributed by atoms with Crippen molar-refractivity contribution < 1.29 is 13.2 Å². The van der Waals surface area contributed by atoms with Crippen molar-refractivity contribution in [1.82, 2.24) is 9.62 Å². The van der Waals surface area contributed by atoms with Crippen LogP contribution >= 0.6 is 0 Å². The van der Waals surface area contributed by atoms with Crippen LogP contribution in [-0.4, -0.2) is 31.4 Å². The lowest BCUT2D eigenvalue weighted by Gasteiger charge is -2.21. The zero-order valence-electron chi connectivity index (χ0n) is 14.8. The number of hydrogen-bond acceptors (Lipinski definition) is 3. The average molecular weight is 360 g/mol. The van der Waals surface area contributed by atoms with E-state index in [0.29, 0.717) is 0 Å². The Balaban J connectivity index is 2.03. The van der Waals surface area contributed by atoms with Crippen LogP contribution in [0.15, 0.2) is 54.6 Å². The molecule has 0 fully saturated rings. The fourth-order valence-corrected chi connectivity index (χ4v) is 3.20. The number of carbonyl (C=O) groups is 1. The van der Waals surface area contributed by atoms with E-state index in [1.54, 1.807) is 0 Å². The fraction of sp³-hybridized carbons (Fsp3) is 0.316. The lowest BCUT2D eigenvalue weighted by molar-refractivity contribution is -0.122. The summed E-state index contributed by atoms with van der Waals surface area (Å²) in [7, 11) is -3.49. The lowest BCUT2D eigenvalue weighted by atomic mass is 10.1. The molecule has 1 atom stereocenters. The van der Waals surface area contributed by atoms with Gasteiger partial charge in [-0.2, -0.15) is 4.31 Å². The van der Waals surface area contributed by atoms with Gasteiger partial charge in [-0.1, -0.05) is 60.2 Å². The molecule has 0 aromatic heterocycles. The molecule has 0 saturated carbocycles. The molecule has 5 nitrogen and oxygen atoms in total. The van der Waals surface area contributed by atoms with E-state index in [1.165, 1.54) is 4.31 Å². The zero-order chi connectivity index (χ0) is 18.4. The van der Waals surface area contributed by atoms with Crippen LogP contribution in [0, 0.1) is 6.92 Å². The van der Waals surface area contributed by atoms with Crippen molar-refractivity contribution in [3.05, 3.63) is 71.3 Å². The smallest absolute Gasteiger partial charge is 0.235 e. The number of nitrogens with one attached hydrogen (secondary N) is 1. The summed E-state index contributed by atoms with van der Waals surface area (Å²) in [6.45, 7) is 3.85. The van der Waals surface area contributed by atoms with Gasteiger partial charge >= 0.3 is 0 Å². The lowest BCUT2D eigenvalue weighted by Crippen LogP contribution is -2.40. The summed E-state index contributed by atoms with van der Waals surface area (Å²) < 4.78 is 25.2. The van der Waals surface area contributed by atoms with E-state index < -0.39 is 10.0 Å². The highest BCUT2D eigenvalue weighted by molar-refractivity contribution is 7.88. The SMILES string of the molecule is Cc1ccc(C(C)NC(=O)CN(Cc2ccccc2)S(C)(=O)=O)cc1. The molecular weight excluding hydrogens is 336 g/mol. The maximum atomic E-state index is 12.3. The predicted molar refractivity (Wildman–Crippen MR) is 99.4 cm³/mol. The van der Waals surface area contributed by atoms with Gasteiger partial charge in [0.15, 0.2) is 0 Å². The molecule has 2 aromatic carbocycles. The molecule has 2 rings (SSSR count). The number of rotatable bonds is 7. The Labute approximate surface area is 149 Å². The van der Waals surface area contributed by atoms with Gasteiger partial charge in [0, 0.05) is 6.54 Å². The molecule has 1 amide bonds. The second-order valence-corrected chi connectivity index (χ2v) is 8.20. The van der Waals surface area contributed by atoms with Crippen molar-refractivity contribution in [2.75, 3.05) is 12.8 Å². The van der Waals surface area contributed by atoms with Gasteiger partial charge in [0.05, 0.1) is 18.8 Å². The first-order chi connectivity index (χ1) is 11.8. The first-order valence-corrected chi connectivity index (χ1v) is 9.95. The van der Waals surface area contributed by atoms with Crippen LogP contribution < -0.4 is 5.32 Å². The summed E-state index contributed by atoms with van der Waals surface area (Å²) in [5.41, 5.74) is 2.97. The Morgan fingerprint density at radius 3 is 2.24 bits per heavy atom. The van der Waals surface area contributed by atoms with Crippen molar-refractivity contribution >= 4 is 15.9 Å². The fourth-order valence-electron chi connectivity index (χ4n) is 2.46. The Morgan fingerprint density at radius 1 is 1.08 bits per heavy atom. The van der Waals surface area contributed by atoms with Crippen LogP contribution in [0.2, 0.25) is 0 Å². The van der Waals surface area contributed by atoms with Crippen LogP contribution in [0.25, 0.3) is 0 Å². The topological polar surface area (TPSA) is 66.5 Å². The normalized spacial score (nSPS) is 12.8. The molecule has 6 heteroatoms. The minimum Gasteiger partial charge on any atom is -0.348 e. The van der Waals surface area contributed by atoms with Crippen molar-refractivity contribution in [2.24, 2.45) is 0 Å². The number of carbonyl (C=O) groups excluding carboxylic acids is 1. The van der Waals surface area contributed by atoms with Gasteiger partial charge in [0.25, 0.3) is 0 Å². The van der Waals surface area contributed by atoms with E-state index in [0.717, 1.165) is 22.9 Å². The molecule has 0 saturated heterocycles. The highest BCUT2D eigenvalue weighted by atomic mass is 32.2. The molecule has 1 unspecified atom stereocenters. The van der Waals surface area contributed by atoms with Crippen molar-refractivity contribution in [3.63, 3.8) is 0 Å². The van der Waals surface area contributed by atoms with Crippen molar-refractivity contribution in [3.8, 4) is 0 Å². The predicted octanol–water partition coefficient (Wildman–Crippen LogP) is 2.63. The number of benzene rings is 2. The number of aryl methyl sites for hydroxylation is 1.